The van der Waals surface area contributed by atoms with E-state index < -0.39 is 0 Å². The first kappa shape index (κ1) is 12.7. The van der Waals surface area contributed by atoms with Crippen molar-refractivity contribution in [3.8, 4) is 0 Å². The van der Waals surface area contributed by atoms with Crippen molar-refractivity contribution in [3.05, 3.63) is 21.9 Å². The van der Waals surface area contributed by atoms with E-state index in [0.717, 1.165) is 30.9 Å². The van der Waals surface area contributed by atoms with Crippen molar-refractivity contribution in [1.29, 1.82) is 0 Å². The maximum atomic E-state index is 12.0. The van der Waals surface area contributed by atoms with E-state index in [2.05, 4.69) is 4.90 Å². The molecular formula is C13H19NO2S. The molecule has 0 bridgehead atoms. The predicted octanol–water partition coefficient (Wildman–Crippen LogP) is 2.35. The van der Waals surface area contributed by atoms with Gasteiger partial charge in [-0.1, -0.05) is 0 Å². The summed E-state index contributed by atoms with van der Waals surface area (Å²) in [5.41, 5.74) is 0. The Hall–Kier alpha value is -0.710. The van der Waals surface area contributed by atoms with Gasteiger partial charge in [-0.2, -0.15) is 0 Å². The van der Waals surface area contributed by atoms with Gasteiger partial charge in [0.2, 0.25) is 0 Å². The van der Waals surface area contributed by atoms with Gasteiger partial charge in [0.05, 0.1) is 17.5 Å². The molecule has 1 atom stereocenters. The SMILES string of the molecule is Cc1ccc(C(=O)CN(C)CC2CCCO2)s1. The fraction of sp³-hybridized carbons (Fsp3) is 0.615. The molecule has 0 aromatic carbocycles. The maximum absolute atomic E-state index is 12.0. The monoisotopic (exact) mass is 253 g/mol. The summed E-state index contributed by atoms with van der Waals surface area (Å²) < 4.78 is 5.56. The number of hydrogen-bond acceptors (Lipinski definition) is 4. The standard InChI is InChI=1S/C13H19NO2S/c1-10-5-6-13(17-10)12(15)9-14(2)8-11-4-3-7-16-11/h5-6,11H,3-4,7-9H2,1-2H3. The molecule has 1 aromatic rings. The van der Waals surface area contributed by atoms with Crippen LogP contribution in [0.4, 0.5) is 0 Å². The third-order valence-electron chi connectivity index (χ3n) is 2.97. The molecule has 1 aliphatic rings. The average Bonchev–Trinajstić information content (AvgIpc) is 2.89. The molecule has 17 heavy (non-hydrogen) atoms. The molecular weight excluding hydrogens is 234 g/mol. The second-order valence-corrected chi connectivity index (χ2v) is 5.95. The number of Topliss-reactive ketones (excluding diaryl/α,β-unsaturated/α-hetero) is 1. The van der Waals surface area contributed by atoms with Crippen LogP contribution in [0.3, 0.4) is 0 Å². The Morgan fingerprint density at radius 3 is 3.00 bits per heavy atom. The van der Waals surface area contributed by atoms with Gasteiger partial charge >= 0.3 is 0 Å². The van der Waals surface area contributed by atoms with E-state index in [9.17, 15) is 4.79 Å². The van der Waals surface area contributed by atoms with Gasteiger partial charge in [-0.15, -0.1) is 11.3 Å². The normalized spacial score (nSPS) is 20.1. The van der Waals surface area contributed by atoms with Gasteiger partial charge < -0.3 is 4.74 Å². The molecule has 94 valence electrons. The minimum atomic E-state index is 0.212. The Balaban J connectivity index is 1.81. The second kappa shape index (κ2) is 5.76. The second-order valence-electron chi connectivity index (χ2n) is 4.67. The van der Waals surface area contributed by atoms with E-state index in [1.54, 1.807) is 11.3 Å². The maximum Gasteiger partial charge on any atom is 0.186 e. The lowest BCUT2D eigenvalue weighted by Gasteiger charge is -2.19. The van der Waals surface area contributed by atoms with Crippen molar-refractivity contribution in [2.45, 2.75) is 25.9 Å². The Morgan fingerprint density at radius 2 is 2.41 bits per heavy atom. The van der Waals surface area contributed by atoms with Crippen molar-refractivity contribution >= 4 is 17.1 Å². The van der Waals surface area contributed by atoms with Gasteiger partial charge in [-0.25, -0.2) is 0 Å². The minimum Gasteiger partial charge on any atom is -0.377 e. The lowest BCUT2D eigenvalue weighted by molar-refractivity contribution is 0.0742. The van der Waals surface area contributed by atoms with Crippen LogP contribution in [-0.4, -0.2) is 43.5 Å². The number of carbonyl (C=O) groups excluding carboxylic acids is 1. The summed E-state index contributed by atoms with van der Waals surface area (Å²) >= 11 is 1.57. The third-order valence-corrected chi connectivity index (χ3v) is 4.01. The van der Waals surface area contributed by atoms with Gasteiger partial charge in [0.1, 0.15) is 0 Å². The van der Waals surface area contributed by atoms with Crippen molar-refractivity contribution < 1.29 is 9.53 Å². The van der Waals surface area contributed by atoms with Gasteiger partial charge in [0, 0.05) is 18.0 Å². The van der Waals surface area contributed by atoms with E-state index in [0.29, 0.717) is 12.6 Å². The Bertz CT molecular complexity index is 383. The molecule has 0 N–H and O–H groups in total. The van der Waals surface area contributed by atoms with Crippen molar-refractivity contribution in [2.24, 2.45) is 0 Å². The molecule has 1 aromatic heterocycles. The highest BCUT2D eigenvalue weighted by molar-refractivity contribution is 7.14. The summed E-state index contributed by atoms with van der Waals surface area (Å²) in [5.74, 6) is 0.212. The smallest absolute Gasteiger partial charge is 0.186 e. The molecule has 1 fully saturated rings. The van der Waals surface area contributed by atoms with Crippen LogP contribution in [0.15, 0.2) is 12.1 Å². The molecule has 2 rings (SSSR count). The predicted molar refractivity (Wildman–Crippen MR) is 69.9 cm³/mol. The number of nitrogens with zero attached hydrogens (tertiary/aromatic N) is 1. The molecule has 4 heteroatoms. The fourth-order valence-electron chi connectivity index (χ4n) is 2.11. The zero-order valence-electron chi connectivity index (χ0n) is 10.4. The number of ether oxygens (including phenoxy) is 1. The number of ketones is 1. The van der Waals surface area contributed by atoms with Crippen LogP contribution in [-0.2, 0) is 4.74 Å². The quantitative estimate of drug-likeness (QED) is 0.754. The van der Waals surface area contributed by atoms with E-state index in [-0.39, 0.29) is 5.78 Å². The molecule has 0 amide bonds. The van der Waals surface area contributed by atoms with Gasteiger partial charge in [0.25, 0.3) is 0 Å². The first-order valence-electron chi connectivity index (χ1n) is 6.05. The lowest BCUT2D eigenvalue weighted by Crippen LogP contribution is -2.32. The molecule has 0 saturated carbocycles. The van der Waals surface area contributed by atoms with Gasteiger partial charge in [0.15, 0.2) is 5.78 Å². The highest BCUT2D eigenvalue weighted by Gasteiger charge is 2.19. The molecule has 3 nitrogen and oxygen atoms in total. The van der Waals surface area contributed by atoms with Crippen LogP contribution < -0.4 is 0 Å². The van der Waals surface area contributed by atoms with Crippen LogP contribution in [0.5, 0.6) is 0 Å². The summed E-state index contributed by atoms with van der Waals surface area (Å²) in [4.78, 5) is 16.1. The van der Waals surface area contributed by atoms with Crippen molar-refractivity contribution in [1.82, 2.24) is 4.90 Å². The summed E-state index contributed by atoms with van der Waals surface area (Å²) in [7, 11) is 1.99. The largest absolute Gasteiger partial charge is 0.377 e. The molecule has 1 unspecified atom stereocenters. The number of carbonyl (C=O) groups is 1. The molecule has 2 heterocycles. The zero-order valence-corrected chi connectivity index (χ0v) is 11.3. The van der Waals surface area contributed by atoms with Crippen LogP contribution in [0.1, 0.15) is 27.4 Å². The van der Waals surface area contributed by atoms with Gasteiger partial charge in [-0.3, -0.25) is 9.69 Å². The van der Waals surface area contributed by atoms with Crippen LogP contribution in [0.2, 0.25) is 0 Å². The number of aryl methyl sites for hydroxylation is 1. The van der Waals surface area contributed by atoms with E-state index in [1.165, 1.54) is 4.88 Å². The van der Waals surface area contributed by atoms with Crippen LogP contribution >= 0.6 is 11.3 Å². The first-order valence-corrected chi connectivity index (χ1v) is 6.86. The summed E-state index contributed by atoms with van der Waals surface area (Å²) in [5, 5.41) is 0. The molecule has 1 aliphatic heterocycles. The van der Waals surface area contributed by atoms with E-state index >= 15 is 0 Å². The van der Waals surface area contributed by atoms with Crippen LogP contribution in [0.25, 0.3) is 0 Å². The molecule has 1 saturated heterocycles. The molecule has 0 aliphatic carbocycles. The summed E-state index contributed by atoms with van der Waals surface area (Å²) in [6.07, 6.45) is 2.59. The average molecular weight is 253 g/mol. The van der Waals surface area contributed by atoms with Crippen molar-refractivity contribution in [3.63, 3.8) is 0 Å². The number of rotatable bonds is 5. The number of thiophene rings is 1. The topological polar surface area (TPSA) is 29.5 Å². The molecule has 0 spiro atoms. The number of hydrogen-bond donors (Lipinski definition) is 0. The Kier molecular flexibility index (Phi) is 4.31. The first-order chi connectivity index (χ1) is 8.15. The zero-order chi connectivity index (χ0) is 12.3. The van der Waals surface area contributed by atoms with Crippen molar-refractivity contribution in [2.75, 3.05) is 26.7 Å². The Morgan fingerprint density at radius 1 is 1.59 bits per heavy atom. The number of likely N-dealkylation sites (N-methyl/N-ethyl adjacent to an activating group) is 1. The third kappa shape index (κ3) is 3.63. The summed E-state index contributed by atoms with van der Waals surface area (Å²) in [6, 6.07) is 3.92. The molecule has 0 radical (unpaired) electrons. The highest BCUT2D eigenvalue weighted by atomic mass is 32.1. The van der Waals surface area contributed by atoms with Gasteiger partial charge in [-0.05, 0) is 38.9 Å². The van der Waals surface area contributed by atoms with Crippen LogP contribution in [0, 0.1) is 6.92 Å². The Labute approximate surface area is 106 Å². The fourth-order valence-corrected chi connectivity index (χ4v) is 2.91. The lowest BCUT2D eigenvalue weighted by atomic mass is 10.2. The highest BCUT2D eigenvalue weighted by Crippen LogP contribution is 2.17. The summed E-state index contributed by atoms with van der Waals surface area (Å²) in [6.45, 7) is 4.24. The van der Waals surface area contributed by atoms with E-state index in [1.807, 2.05) is 26.1 Å². The van der Waals surface area contributed by atoms with E-state index in [4.69, 9.17) is 4.74 Å². The minimum absolute atomic E-state index is 0.212.